The minimum Gasteiger partial charge on any atom is -0.480 e. The molecular weight excluding hydrogens is 346 g/mol. The van der Waals surface area contributed by atoms with Crippen LogP contribution in [0.25, 0.3) is 0 Å². The largest absolute Gasteiger partial charge is 0.480 e. The van der Waals surface area contributed by atoms with Crippen LogP contribution in [0, 0.1) is 5.92 Å². The van der Waals surface area contributed by atoms with Crippen molar-refractivity contribution in [1.82, 2.24) is 10.2 Å². The standard InChI is InChI=1S/C20H29N3O4/c1-3-13(2)17(21)18(24)22-15(12-14-8-5-4-6-9-14)19(25)23-11-7-10-16(23)20(26)27/h4-6,8-9,13,15-17H,3,7,10-12,21H2,1-2H3,(H,22,24)(H,26,27)/t13?,15?,16-,17?/m0/s1. The minimum absolute atomic E-state index is 0.0176. The van der Waals surface area contributed by atoms with Crippen LogP contribution in [0.2, 0.25) is 0 Å². The Bertz CT molecular complexity index is 664. The zero-order valence-corrected chi connectivity index (χ0v) is 15.9. The number of carboxylic acid groups (broad SMARTS) is 1. The highest BCUT2D eigenvalue weighted by atomic mass is 16.4. The fourth-order valence-electron chi connectivity index (χ4n) is 3.32. The molecule has 1 aromatic rings. The lowest BCUT2D eigenvalue weighted by Gasteiger charge is -2.29. The van der Waals surface area contributed by atoms with Gasteiger partial charge in [0, 0.05) is 13.0 Å². The summed E-state index contributed by atoms with van der Waals surface area (Å²) in [4.78, 5) is 38.4. The molecule has 0 aliphatic carbocycles. The number of nitrogens with two attached hydrogens (primary N) is 1. The fourth-order valence-corrected chi connectivity index (χ4v) is 3.32. The van der Waals surface area contributed by atoms with Crippen molar-refractivity contribution >= 4 is 17.8 Å². The highest BCUT2D eigenvalue weighted by Crippen LogP contribution is 2.20. The van der Waals surface area contributed by atoms with E-state index in [9.17, 15) is 19.5 Å². The van der Waals surface area contributed by atoms with Gasteiger partial charge in [-0.05, 0) is 24.3 Å². The molecule has 0 radical (unpaired) electrons. The van der Waals surface area contributed by atoms with E-state index in [4.69, 9.17) is 5.73 Å². The van der Waals surface area contributed by atoms with Crippen LogP contribution in [-0.4, -0.2) is 52.5 Å². The Labute approximate surface area is 159 Å². The van der Waals surface area contributed by atoms with Gasteiger partial charge in [0.25, 0.3) is 0 Å². The molecule has 1 aliphatic heterocycles. The summed E-state index contributed by atoms with van der Waals surface area (Å²) < 4.78 is 0. The fraction of sp³-hybridized carbons (Fsp3) is 0.550. The number of aliphatic carboxylic acids is 1. The molecule has 0 bridgehead atoms. The number of carbonyl (C=O) groups is 3. The predicted octanol–water partition coefficient (Wildman–Crippen LogP) is 1.16. The first-order valence-corrected chi connectivity index (χ1v) is 9.48. The van der Waals surface area contributed by atoms with E-state index in [1.54, 1.807) is 0 Å². The molecule has 1 aliphatic rings. The van der Waals surface area contributed by atoms with Crippen molar-refractivity contribution in [2.75, 3.05) is 6.54 Å². The molecule has 0 aromatic heterocycles. The number of hydrogen-bond acceptors (Lipinski definition) is 4. The monoisotopic (exact) mass is 375 g/mol. The summed E-state index contributed by atoms with van der Waals surface area (Å²) in [5.41, 5.74) is 6.90. The molecule has 2 amide bonds. The molecule has 3 unspecified atom stereocenters. The van der Waals surface area contributed by atoms with Crippen LogP contribution in [0.15, 0.2) is 30.3 Å². The molecule has 0 spiro atoms. The van der Waals surface area contributed by atoms with E-state index in [2.05, 4.69) is 5.32 Å². The summed E-state index contributed by atoms with van der Waals surface area (Å²) in [7, 11) is 0. The van der Waals surface area contributed by atoms with Gasteiger partial charge in [0.05, 0.1) is 6.04 Å². The van der Waals surface area contributed by atoms with Crippen molar-refractivity contribution in [2.24, 2.45) is 11.7 Å². The van der Waals surface area contributed by atoms with Crippen molar-refractivity contribution in [3.8, 4) is 0 Å². The van der Waals surface area contributed by atoms with Crippen molar-refractivity contribution in [3.63, 3.8) is 0 Å². The number of carbonyl (C=O) groups excluding carboxylic acids is 2. The first kappa shape index (κ1) is 20.9. The molecule has 1 aromatic carbocycles. The van der Waals surface area contributed by atoms with E-state index in [1.165, 1.54) is 4.90 Å². The van der Waals surface area contributed by atoms with Gasteiger partial charge < -0.3 is 21.1 Å². The molecule has 7 heteroatoms. The molecule has 1 heterocycles. The second-order valence-electron chi connectivity index (χ2n) is 7.19. The van der Waals surface area contributed by atoms with Gasteiger partial charge in [0.15, 0.2) is 0 Å². The van der Waals surface area contributed by atoms with E-state index in [-0.39, 0.29) is 17.7 Å². The van der Waals surface area contributed by atoms with Gasteiger partial charge in [-0.15, -0.1) is 0 Å². The summed E-state index contributed by atoms with van der Waals surface area (Å²) in [6, 6.07) is 6.96. The molecule has 1 saturated heterocycles. The van der Waals surface area contributed by atoms with E-state index < -0.39 is 24.1 Å². The lowest BCUT2D eigenvalue weighted by molar-refractivity contribution is -0.149. The highest BCUT2D eigenvalue weighted by molar-refractivity contribution is 5.92. The van der Waals surface area contributed by atoms with Crippen LogP contribution >= 0.6 is 0 Å². The average Bonchev–Trinajstić information content (AvgIpc) is 3.16. The molecule has 2 rings (SSSR count). The third kappa shape index (κ3) is 5.29. The molecule has 148 valence electrons. The number of hydrogen-bond donors (Lipinski definition) is 3. The minimum atomic E-state index is -1.01. The predicted molar refractivity (Wildman–Crippen MR) is 102 cm³/mol. The van der Waals surface area contributed by atoms with E-state index >= 15 is 0 Å². The Morgan fingerprint density at radius 3 is 2.56 bits per heavy atom. The van der Waals surface area contributed by atoms with Gasteiger partial charge in [0.2, 0.25) is 11.8 Å². The molecule has 7 nitrogen and oxygen atoms in total. The normalized spacial score (nSPS) is 20.0. The summed E-state index contributed by atoms with van der Waals surface area (Å²) >= 11 is 0. The van der Waals surface area contributed by atoms with Gasteiger partial charge in [-0.1, -0.05) is 50.6 Å². The summed E-state index contributed by atoms with van der Waals surface area (Å²) in [6.07, 6.45) is 2.11. The maximum atomic E-state index is 13.1. The van der Waals surface area contributed by atoms with Gasteiger partial charge in [0.1, 0.15) is 12.1 Å². The number of likely N-dealkylation sites (tertiary alicyclic amines) is 1. The van der Waals surface area contributed by atoms with Crippen LogP contribution in [-0.2, 0) is 20.8 Å². The first-order chi connectivity index (χ1) is 12.8. The lowest BCUT2D eigenvalue weighted by atomic mass is 9.98. The van der Waals surface area contributed by atoms with E-state index in [1.807, 2.05) is 44.2 Å². The topological polar surface area (TPSA) is 113 Å². The Hall–Kier alpha value is -2.41. The zero-order chi connectivity index (χ0) is 20.0. The van der Waals surface area contributed by atoms with Crippen molar-refractivity contribution in [1.29, 1.82) is 0 Å². The average molecular weight is 375 g/mol. The Morgan fingerprint density at radius 2 is 1.96 bits per heavy atom. The molecule has 4 atom stereocenters. The van der Waals surface area contributed by atoms with E-state index in [0.717, 1.165) is 12.0 Å². The van der Waals surface area contributed by atoms with Gasteiger partial charge >= 0.3 is 5.97 Å². The molecule has 4 N–H and O–H groups in total. The molecule has 27 heavy (non-hydrogen) atoms. The number of carboxylic acids is 1. The van der Waals surface area contributed by atoms with Gasteiger partial charge in [-0.2, -0.15) is 0 Å². The Balaban J connectivity index is 2.19. The maximum Gasteiger partial charge on any atom is 0.326 e. The number of amides is 2. The van der Waals surface area contributed by atoms with Crippen molar-refractivity contribution < 1.29 is 19.5 Å². The Morgan fingerprint density at radius 1 is 1.30 bits per heavy atom. The van der Waals surface area contributed by atoms with E-state index in [0.29, 0.717) is 25.8 Å². The highest BCUT2D eigenvalue weighted by Gasteiger charge is 2.38. The second-order valence-corrected chi connectivity index (χ2v) is 7.19. The molecular formula is C20H29N3O4. The Kier molecular flexibility index (Phi) is 7.36. The maximum absolute atomic E-state index is 13.1. The number of rotatable bonds is 8. The number of benzene rings is 1. The van der Waals surface area contributed by atoms with Gasteiger partial charge in [-0.25, -0.2) is 4.79 Å². The van der Waals surface area contributed by atoms with Gasteiger partial charge in [-0.3, -0.25) is 9.59 Å². The summed E-state index contributed by atoms with van der Waals surface area (Å²) in [5.74, 6) is -1.78. The van der Waals surface area contributed by atoms with Crippen LogP contribution in [0.3, 0.4) is 0 Å². The number of nitrogens with zero attached hydrogens (tertiary/aromatic N) is 1. The van der Waals surface area contributed by atoms with Crippen molar-refractivity contribution in [3.05, 3.63) is 35.9 Å². The second kappa shape index (κ2) is 9.50. The van der Waals surface area contributed by atoms with Crippen LogP contribution < -0.4 is 11.1 Å². The van der Waals surface area contributed by atoms with Crippen LogP contribution in [0.1, 0.15) is 38.7 Å². The lowest BCUT2D eigenvalue weighted by Crippen LogP contribution is -2.56. The first-order valence-electron chi connectivity index (χ1n) is 9.48. The third-order valence-corrected chi connectivity index (χ3v) is 5.28. The third-order valence-electron chi connectivity index (χ3n) is 5.28. The van der Waals surface area contributed by atoms with Crippen molar-refractivity contribution in [2.45, 2.75) is 57.7 Å². The molecule has 0 saturated carbocycles. The van der Waals surface area contributed by atoms with Crippen LogP contribution in [0.5, 0.6) is 0 Å². The summed E-state index contributed by atoms with van der Waals surface area (Å²) in [6.45, 7) is 4.22. The smallest absolute Gasteiger partial charge is 0.326 e. The molecule has 1 fully saturated rings. The number of nitrogens with one attached hydrogen (secondary N) is 1. The quantitative estimate of drug-likeness (QED) is 0.631. The zero-order valence-electron chi connectivity index (χ0n) is 15.9. The SMILES string of the molecule is CCC(C)C(N)C(=O)NC(Cc1ccccc1)C(=O)N1CCC[C@H]1C(=O)O. The van der Waals surface area contributed by atoms with Crippen LogP contribution in [0.4, 0.5) is 0 Å². The summed E-state index contributed by atoms with van der Waals surface area (Å²) in [5, 5.41) is 12.1.